The number of aromatic nitrogens is 1. The molecule has 6 heteroatoms. The molecule has 4 heterocycles. The van der Waals surface area contributed by atoms with Gasteiger partial charge in [0.25, 0.3) is 5.91 Å². The van der Waals surface area contributed by atoms with Crippen molar-refractivity contribution in [1.82, 2.24) is 15.6 Å². The van der Waals surface area contributed by atoms with Crippen molar-refractivity contribution in [2.24, 2.45) is 5.41 Å². The third kappa shape index (κ3) is 2.56. The number of carbonyl (C=O) groups excluding carboxylic acids is 2. The van der Waals surface area contributed by atoms with Crippen LogP contribution in [0.1, 0.15) is 42.5 Å². The lowest BCUT2D eigenvalue weighted by atomic mass is 9.68. The molecular weight excluding hydrogens is 292 g/mol. The van der Waals surface area contributed by atoms with Gasteiger partial charge in [-0.05, 0) is 44.2 Å². The van der Waals surface area contributed by atoms with Crippen LogP contribution in [0.3, 0.4) is 0 Å². The fourth-order valence-corrected chi connectivity index (χ4v) is 3.74. The minimum atomic E-state index is -0.407. The van der Waals surface area contributed by atoms with Gasteiger partial charge < -0.3 is 15.5 Å². The summed E-state index contributed by atoms with van der Waals surface area (Å²) in [5, 5.41) is 5.98. The fraction of sp³-hybridized carbons (Fsp3) is 0.588. The maximum absolute atomic E-state index is 12.3. The first-order valence-corrected chi connectivity index (χ1v) is 8.46. The molecule has 3 saturated heterocycles. The maximum atomic E-state index is 12.3. The summed E-state index contributed by atoms with van der Waals surface area (Å²) in [6, 6.07) is 4.05. The molecule has 2 bridgehead atoms. The number of amides is 2. The normalized spacial score (nSPS) is 29.0. The average molecular weight is 314 g/mol. The summed E-state index contributed by atoms with van der Waals surface area (Å²) < 4.78 is 0. The lowest BCUT2D eigenvalue weighted by Crippen LogP contribution is -2.59. The van der Waals surface area contributed by atoms with Crippen molar-refractivity contribution < 1.29 is 9.59 Å². The number of rotatable bonds is 4. The summed E-state index contributed by atoms with van der Waals surface area (Å²) in [7, 11) is 0. The summed E-state index contributed by atoms with van der Waals surface area (Å²) >= 11 is 0. The Balaban J connectivity index is 1.38. The number of fused-ring (bicyclic) bond motifs is 3. The standard InChI is InChI=1S/C17H22N4O2/c22-15(12-2-3-14(18-10-12)21-8-1-9-21)19-11-17-6-4-13(5-7-17)20-16(17)23/h2-3,10,13H,1,4-9,11H2,(H,19,22)(H,20,23). The lowest BCUT2D eigenvalue weighted by molar-refractivity contribution is -0.139. The van der Waals surface area contributed by atoms with E-state index in [1.807, 2.05) is 12.1 Å². The van der Waals surface area contributed by atoms with Crippen molar-refractivity contribution >= 4 is 17.6 Å². The van der Waals surface area contributed by atoms with E-state index in [1.165, 1.54) is 6.42 Å². The second-order valence-electron chi connectivity index (χ2n) is 6.96. The molecule has 1 aromatic heterocycles. The molecule has 0 atom stereocenters. The lowest BCUT2D eigenvalue weighted by Gasteiger charge is -2.45. The predicted octanol–water partition coefficient (Wildman–Crippen LogP) is 1.08. The minimum Gasteiger partial charge on any atom is -0.356 e. The highest BCUT2D eigenvalue weighted by atomic mass is 16.2. The highest BCUT2D eigenvalue weighted by Crippen LogP contribution is 2.40. The van der Waals surface area contributed by atoms with Gasteiger partial charge in [0.2, 0.25) is 5.91 Å². The van der Waals surface area contributed by atoms with Crippen molar-refractivity contribution in [3.05, 3.63) is 23.9 Å². The van der Waals surface area contributed by atoms with Crippen LogP contribution in [0.5, 0.6) is 0 Å². The van der Waals surface area contributed by atoms with Crippen LogP contribution in [0.15, 0.2) is 18.3 Å². The maximum Gasteiger partial charge on any atom is 0.252 e. The number of hydrogen-bond acceptors (Lipinski definition) is 4. The Morgan fingerprint density at radius 3 is 2.70 bits per heavy atom. The van der Waals surface area contributed by atoms with Crippen LogP contribution in [-0.4, -0.2) is 42.5 Å². The minimum absolute atomic E-state index is 0.103. The smallest absolute Gasteiger partial charge is 0.252 e. The number of hydrogen-bond donors (Lipinski definition) is 2. The molecule has 23 heavy (non-hydrogen) atoms. The molecule has 3 aliphatic heterocycles. The first kappa shape index (κ1) is 14.5. The molecule has 2 amide bonds. The Morgan fingerprint density at radius 2 is 2.13 bits per heavy atom. The summed E-state index contributed by atoms with van der Waals surface area (Å²) in [5.41, 5.74) is 0.144. The van der Waals surface area contributed by atoms with E-state index in [0.29, 0.717) is 18.2 Å². The molecule has 1 aromatic rings. The van der Waals surface area contributed by atoms with E-state index in [4.69, 9.17) is 0 Å². The van der Waals surface area contributed by atoms with Gasteiger partial charge in [0.1, 0.15) is 5.82 Å². The van der Waals surface area contributed by atoms with Crippen LogP contribution < -0.4 is 15.5 Å². The third-order valence-electron chi connectivity index (χ3n) is 5.54. The summed E-state index contributed by atoms with van der Waals surface area (Å²) in [6.45, 7) is 2.49. The number of carbonyl (C=O) groups is 2. The van der Waals surface area contributed by atoms with E-state index in [-0.39, 0.29) is 11.8 Å². The monoisotopic (exact) mass is 314 g/mol. The molecule has 4 fully saturated rings. The van der Waals surface area contributed by atoms with Crippen molar-refractivity contribution in [3.63, 3.8) is 0 Å². The topological polar surface area (TPSA) is 74.3 Å². The van der Waals surface area contributed by atoms with Crippen molar-refractivity contribution in [2.75, 3.05) is 24.5 Å². The van der Waals surface area contributed by atoms with Crippen molar-refractivity contribution in [2.45, 2.75) is 38.1 Å². The Hall–Kier alpha value is -2.11. The molecule has 1 aliphatic carbocycles. The molecule has 0 radical (unpaired) electrons. The Kier molecular flexibility index (Phi) is 3.47. The molecule has 0 spiro atoms. The third-order valence-corrected chi connectivity index (χ3v) is 5.54. The Labute approximate surface area is 135 Å². The van der Waals surface area contributed by atoms with Gasteiger partial charge in [-0.25, -0.2) is 4.98 Å². The zero-order chi connectivity index (χ0) is 15.9. The number of nitrogens with one attached hydrogen (secondary N) is 2. The average Bonchev–Trinajstić information content (AvgIpc) is 2.53. The molecule has 4 aliphatic rings. The molecule has 5 rings (SSSR count). The molecular formula is C17H22N4O2. The van der Waals surface area contributed by atoms with Gasteiger partial charge in [0.05, 0.1) is 11.0 Å². The zero-order valence-corrected chi connectivity index (χ0v) is 13.2. The summed E-state index contributed by atoms with van der Waals surface area (Å²) in [6.07, 6.45) is 6.61. The van der Waals surface area contributed by atoms with Gasteiger partial charge >= 0.3 is 0 Å². The van der Waals surface area contributed by atoms with Crippen molar-refractivity contribution in [1.29, 1.82) is 0 Å². The quantitative estimate of drug-likeness (QED) is 0.872. The summed E-state index contributed by atoms with van der Waals surface area (Å²) in [5.74, 6) is 0.880. The van der Waals surface area contributed by atoms with Gasteiger partial charge in [-0.15, -0.1) is 0 Å². The van der Waals surface area contributed by atoms with E-state index in [1.54, 1.807) is 6.20 Å². The summed E-state index contributed by atoms with van der Waals surface area (Å²) in [4.78, 5) is 31.1. The largest absolute Gasteiger partial charge is 0.356 e. The van der Waals surface area contributed by atoms with Crippen LogP contribution in [0.4, 0.5) is 5.82 Å². The van der Waals surface area contributed by atoms with Gasteiger partial charge in [0, 0.05) is 31.9 Å². The van der Waals surface area contributed by atoms with E-state index in [2.05, 4.69) is 20.5 Å². The van der Waals surface area contributed by atoms with Crippen LogP contribution in [0.2, 0.25) is 0 Å². The number of pyridine rings is 1. The first-order valence-electron chi connectivity index (χ1n) is 8.46. The fourth-order valence-electron chi connectivity index (χ4n) is 3.74. The highest BCUT2D eigenvalue weighted by molar-refractivity contribution is 5.94. The van der Waals surface area contributed by atoms with Gasteiger partial charge in [-0.1, -0.05) is 0 Å². The highest BCUT2D eigenvalue weighted by Gasteiger charge is 2.47. The van der Waals surface area contributed by atoms with Crippen LogP contribution in [0, 0.1) is 5.41 Å². The number of nitrogens with zero attached hydrogens (tertiary/aromatic N) is 2. The second-order valence-corrected chi connectivity index (χ2v) is 6.96. The molecule has 0 unspecified atom stereocenters. The van der Waals surface area contributed by atoms with Crippen molar-refractivity contribution in [3.8, 4) is 0 Å². The predicted molar refractivity (Wildman–Crippen MR) is 86.2 cm³/mol. The van der Waals surface area contributed by atoms with Crippen LogP contribution >= 0.6 is 0 Å². The Morgan fingerprint density at radius 1 is 1.35 bits per heavy atom. The molecule has 1 saturated carbocycles. The molecule has 122 valence electrons. The van der Waals surface area contributed by atoms with Crippen LogP contribution in [0.25, 0.3) is 0 Å². The van der Waals surface area contributed by atoms with Gasteiger partial charge in [-0.2, -0.15) is 0 Å². The van der Waals surface area contributed by atoms with Gasteiger partial charge in [0.15, 0.2) is 0 Å². The zero-order valence-electron chi connectivity index (χ0n) is 13.2. The van der Waals surface area contributed by atoms with E-state index in [9.17, 15) is 9.59 Å². The van der Waals surface area contributed by atoms with Crippen LogP contribution in [-0.2, 0) is 4.79 Å². The SMILES string of the molecule is O=C(NCC12CCC(CC1)NC2=O)c1ccc(N2CCC2)nc1. The molecule has 6 nitrogen and oxygen atoms in total. The van der Waals surface area contributed by atoms with E-state index < -0.39 is 5.41 Å². The Bertz CT molecular complexity index is 616. The number of piperidine rings is 2. The van der Waals surface area contributed by atoms with E-state index in [0.717, 1.165) is 44.6 Å². The molecule has 0 aromatic carbocycles. The molecule has 2 N–H and O–H groups in total. The van der Waals surface area contributed by atoms with Gasteiger partial charge in [-0.3, -0.25) is 9.59 Å². The second kappa shape index (κ2) is 5.51. The number of anilines is 1. The van der Waals surface area contributed by atoms with E-state index >= 15 is 0 Å². The first-order chi connectivity index (χ1) is 11.2.